The van der Waals surface area contributed by atoms with E-state index in [1.165, 1.54) is 4.90 Å². The number of rotatable bonds is 4. The Bertz CT molecular complexity index is 926. The third kappa shape index (κ3) is 3.62. The summed E-state index contributed by atoms with van der Waals surface area (Å²) < 4.78 is 0. The Morgan fingerprint density at radius 3 is 2.52 bits per heavy atom. The van der Waals surface area contributed by atoms with Gasteiger partial charge in [-0.2, -0.15) is 0 Å². The smallest absolute Gasteiger partial charge is 0.323 e. The van der Waals surface area contributed by atoms with Gasteiger partial charge in [-0.05, 0) is 48.6 Å². The van der Waals surface area contributed by atoms with Crippen LogP contribution in [0.1, 0.15) is 48.5 Å². The van der Waals surface area contributed by atoms with E-state index in [-0.39, 0.29) is 30.3 Å². The average molecular weight is 391 g/mol. The Hall–Kier alpha value is -3.15. The molecule has 2 aliphatic rings. The molecule has 2 aromatic rings. The number of nitrogens with one attached hydrogen (secondary N) is 2. The molecule has 6 nitrogen and oxygen atoms in total. The third-order valence-corrected chi connectivity index (χ3v) is 6.09. The van der Waals surface area contributed by atoms with E-state index in [0.717, 1.165) is 30.5 Å². The predicted molar refractivity (Wildman–Crippen MR) is 110 cm³/mol. The number of hydrogen-bond donors (Lipinski definition) is 2. The van der Waals surface area contributed by atoms with E-state index in [4.69, 9.17) is 0 Å². The SMILES string of the molecule is C[C@@H]1CCCC[C@@]12NC(=O)N(Cc1ccc(C(=O)Nc3ccccc3)cc1)C2=O. The third-order valence-electron chi connectivity index (χ3n) is 6.09. The van der Waals surface area contributed by atoms with E-state index in [1.54, 1.807) is 24.3 Å². The Morgan fingerprint density at radius 2 is 1.83 bits per heavy atom. The van der Waals surface area contributed by atoms with Crippen LogP contribution in [-0.4, -0.2) is 28.3 Å². The number of nitrogens with zero attached hydrogens (tertiary/aromatic N) is 1. The molecule has 29 heavy (non-hydrogen) atoms. The lowest BCUT2D eigenvalue weighted by Crippen LogP contribution is -2.53. The lowest BCUT2D eigenvalue weighted by Gasteiger charge is -2.36. The molecule has 1 heterocycles. The highest BCUT2D eigenvalue weighted by atomic mass is 16.2. The topological polar surface area (TPSA) is 78.5 Å². The summed E-state index contributed by atoms with van der Waals surface area (Å²) in [5.41, 5.74) is 1.32. The van der Waals surface area contributed by atoms with E-state index >= 15 is 0 Å². The second-order valence-electron chi connectivity index (χ2n) is 7.96. The molecule has 0 radical (unpaired) electrons. The minimum absolute atomic E-state index is 0.124. The number of urea groups is 1. The summed E-state index contributed by atoms with van der Waals surface area (Å²) in [5.74, 6) is -0.185. The van der Waals surface area contributed by atoms with Gasteiger partial charge in [-0.15, -0.1) is 0 Å². The van der Waals surface area contributed by atoms with Gasteiger partial charge in [-0.3, -0.25) is 14.5 Å². The summed E-state index contributed by atoms with van der Waals surface area (Å²) in [4.78, 5) is 39.3. The number of anilines is 1. The maximum atomic E-state index is 13.1. The van der Waals surface area contributed by atoms with E-state index in [0.29, 0.717) is 12.0 Å². The lowest BCUT2D eigenvalue weighted by atomic mass is 9.73. The minimum Gasteiger partial charge on any atom is -0.323 e. The van der Waals surface area contributed by atoms with Gasteiger partial charge in [0.1, 0.15) is 5.54 Å². The van der Waals surface area contributed by atoms with Gasteiger partial charge in [0.05, 0.1) is 6.54 Å². The van der Waals surface area contributed by atoms with E-state index < -0.39 is 5.54 Å². The second-order valence-corrected chi connectivity index (χ2v) is 7.96. The maximum absolute atomic E-state index is 13.1. The van der Waals surface area contributed by atoms with Crippen LogP contribution in [0.15, 0.2) is 54.6 Å². The van der Waals surface area contributed by atoms with Crippen molar-refractivity contribution in [3.05, 3.63) is 65.7 Å². The zero-order chi connectivity index (χ0) is 20.4. The number of hydrogen-bond acceptors (Lipinski definition) is 3. The zero-order valence-electron chi connectivity index (χ0n) is 16.5. The number of amides is 4. The molecule has 1 aliphatic heterocycles. The van der Waals surface area contributed by atoms with Crippen LogP contribution in [0, 0.1) is 5.92 Å². The molecular weight excluding hydrogens is 366 g/mol. The molecule has 1 aliphatic carbocycles. The maximum Gasteiger partial charge on any atom is 0.325 e. The van der Waals surface area contributed by atoms with Crippen LogP contribution in [0.2, 0.25) is 0 Å². The van der Waals surface area contributed by atoms with Gasteiger partial charge in [0.15, 0.2) is 0 Å². The van der Waals surface area contributed by atoms with Gasteiger partial charge in [-0.25, -0.2) is 4.79 Å². The van der Waals surface area contributed by atoms with Gasteiger partial charge in [0, 0.05) is 11.3 Å². The first-order valence-electron chi connectivity index (χ1n) is 10.1. The van der Waals surface area contributed by atoms with Crippen LogP contribution in [0.4, 0.5) is 10.5 Å². The molecular formula is C23H25N3O3. The number of carbonyl (C=O) groups excluding carboxylic acids is 3. The van der Waals surface area contributed by atoms with Crippen molar-refractivity contribution >= 4 is 23.5 Å². The second kappa shape index (κ2) is 7.70. The molecule has 150 valence electrons. The lowest BCUT2D eigenvalue weighted by molar-refractivity contribution is -0.134. The molecule has 0 bridgehead atoms. The summed E-state index contributed by atoms with van der Waals surface area (Å²) in [5, 5.41) is 5.81. The molecule has 2 N–H and O–H groups in total. The van der Waals surface area contributed by atoms with E-state index in [2.05, 4.69) is 10.6 Å². The van der Waals surface area contributed by atoms with Crippen molar-refractivity contribution in [2.75, 3.05) is 5.32 Å². The molecule has 1 saturated carbocycles. The van der Waals surface area contributed by atoms with Gasteiger partial charge in [0.25, 0.3) is 11.8 Å². The van der Waals surface area contributed by atoms with Crippen molar-refractivity contribution in [2.45, 2.75) is 44.7 Å². The van der Waals surface area contributed by atoms with Crippen molar-refractivity contribution in [3.8, 4) is 0 Å². The van der Waals surface area contributed by atoms with Crippen molar-refractivity contribution < 1.29 is 14.4 Å². The largest absolute Gasteiger partial charge is 0.325 e. The van der Waals surface area contributed by atoms with Crippen LogP contribution < -0.4 is 10.6 Å². The normalized spacial score (nSPS) is 23.9. The average Bonchev–Trinajstić information content (AvgIpc) is 2.96. The molecule has 6 heteroatoms. The summed E-state index contributed by atoms with van der Waals surface area (Å²) in [6, 6.07) is 15.9. The molecule has 0 aromatic heterocycles. The predicted octanol–water partition coefficient (Wildman–Crippen LogP) is 3.94. The number of para-hydroxylation sites is 1. The van der Waals surface area contributed by atoms with Gasteiger partial charge in [-0.1, -0.05) is 50.1 Å². The minimum atomic E-state index is -0.745. The molecule has 2 aromatic carbocycles. The zero-order valence-corrected chi connectivity index (χ0v) is 16.5. The van der Waals surface area contributed by atoms with E-state index in [1.807, 2.05) is 37.3 Å². The Kier molecular flexibility index (Phi) is 5.09. The first kappa shape index (κ1) is 19.2. The summed E-state index contributed by atoms with van der Waals surface area (Å²) >= 11 is 0. The molecule has 1 spiro atoms. The summed E-state index contributed by atoms with van der Waals surface area (Å²) in [6.45, 7) is 2.25. The Morgan fingerprint density at radius 1 is 1.10 bits per heavy atom. The standard InChI is InChI=1S/C23H25N3O3/c1-16-7-5-6-14-23(16)21(28)26(22(29)25-23)15-17-10-12-18(13-11-17)20(27)24-19-8-3-2-4-9-19/h2-4,8-13,16H,5-7,14-15H2,1H3,(H,24,27)(H,25,29)/t16-,23-/m1/s1. The van der Waals surface area contributed by atoms with Crippen LogP contribution in [-0.2, 0) is 11.3 Å². The number of carbonyl (C=O) groups is 3. The van der Waals surface area contributed by atoms with Crippen molar-refractivity contribution in [1.29, 1.82) is 0 Å². The first-order valence-corrected chi connectivity index (χ1v) is 10.1. The van der Waals surface area contributed by atoms with Crippen LogP contribution in [0.3, 0.4) is 0 Å². The fourth-order valence-corrected chi connectivity index (χ4v) is 4.31. The molecule has 4 rings (SSSR count). The first-order chi connectivity index (χ1) is 14.0. The number of imide groups is 1. The van der Waals surface area contributed by atoms with Crippen LogP contribution in [0.25, 0.3) is 0 Å². The van der Waals surface area contributed by atoms with Crippen molar-refractivity contribution in [2.24, 2.45) is 5.92 Å². The molecule has 0 unspecified atom stereocenters. The van der Waals surface area contributed by atoms with Crippen LogP contribution in [0.5, 0.6) is 0 Å². The highest BCUT2D eigenvalue weighted by Gasteiger charge is 2.54. The monoisotopic (exact) mass is 391 g/mol. The summed E-state index contributed by atoms with van der Waals surface area (Å²) in [6.07, 6.45) is 3.70. The molecule has 4 amide bonds. The highest BCUT2D eigenvalue weighted by molar-refractivity contribution is 6.07. The van der Waals surface area contributed by atoms with Crippen molar-refractivity contribution in [1.82, 2.24) is 10.2 Å². The van der Waals surface area contributed by atoms with Gasteiger partial charge < -0.3 is 10.6 Å². The quantitative estimate of drug-likeness (QED) is 0.775. The van der Waals surface area contributed by atoms with Gasteiger partial charge in [0.2, 0.25) is 0 Å². The molecule has 2 atom stereocenters. The fraction of sp³-hybridized carbons (Fsp3) is 0.348. The number of benzene rings is 2. The van der Waals surface area contributed by atoms with Gasteiger partial charge >= 0.3 is 6.03 Å². The van der Waals surface area contributed by atoms with Crippen molar-refractivity contribution in [3.63, 3.8) is 0 Å². The van der Waals surface area contributed by atoms with E-state index in [9.17, 15) is 14.4 Å². The summed E-state index contributed by atoms with van der Waals surface area (Å²) in [7, 11) is 0. The Labute approximate surface area is 170 Å². The fourth-order valence-electron chi connectivity index (χ4n) is 4.31. The Balaban J connectivity index is 1.44. The van der Waals surface area contributed by atoms with Crippen LogP contribution >= 0.6 is 0 Å². The highest BCUT2D eigenvalue weighted by Crippen LogP contribution is 2.38. The molecule has 2 fully saturated rings. The molecule has 1 saturated heterocycles.